The number of nitrogens with one attached hydrogen (secondary N) is 1. The molecule has 0 spiro atoms. The quantitative estimate of drug-likeness (QED) is 0.845. The van der Waals surface area contributed by atoms with Crippen molar-refractivity contribution < 1.29 is 4.79 Å². The summed E-state index contributed by atoms with van der Waals surface area (Å²) in [5, 5.41) is 7.65. The molecular weight excluding hydrogens is 214 g/mol. The fourth-order valence-corrected chi connectivity index (χ4v) is 2.46. The highest BCUT2D eigenvalue weighted by atomic mass is 16.1. The van der Waals surface area contributed by atoms with Crippen LogP contribution in [-0.4, -0.2) is 28.7 Å². The first-order valence-electron chi connectivity index (χ1n) is 6.37. The number of hydrogen-bond donors (Lipinski definition) is 1. The molecule has 0 bridgehead atoms. The van der Waals surface area contributed by atoms with Gasteiger partial charge in [-0.2, -0.15) is 5.10 Å². The van der Waals surface area contributed by atoms with Crippen molar-refractivity contribution in [2.75, 3.05) is 13.1 Å². The van der Waals surface area contributed by atoms with Gasteiger partial charge in [0.2, 0.25) is 0 Å². The van der Waals surface area contributed by atoms with Crippen LogP contribution in [0.15, 0.2) is 6.07 Å². The molecule has 0 saturated carbocycles. The lowest BCUT2D eigenvalue weighted by Crippen LogP contribution is -2.23. The largest absolute Gasteiger partial charge is 0.316 e. The van der Waals surface area contributed by atoms with Crippen LogP contribution in [0, 0.1) is 11.8 Å². The van der Waals surface area contributed by atoms with Gasteiger partial charge in [0.1, 0.15) is 5.78 Å². The van der Waals surface area contributed by atoms with Gasteiger partial charge in [-0.3, -0.25) is 9.48 Å². The normalized spacial score (nSPS) is 24.2. The van der Waals surface area contributed by atoms with Crippen molar-refractivity contribution in [2.45, 2.75) is 26.7 Å². The molecule has 94 valence electrons. The number of Topliss-reactive ketones (excluding diaryl/α,β-unsaturated/α-hetero) is 1. The van der Waals surface area contributed by atoms with E-state index in [-0.39, 0.29) is 5.92 Å². The van der Waals surface area contributed by atoms with Crippen molar-refractivity contribution in [2.24, 2.45) is 18.9 Å². The second-order valence-electron chi connectivity index (χ2n) is 4.99. The molecule has 2 unspecified atom stereocenters. The molecule has 1 aromatic heterocycles. The second kappa shape index (κ2) is 5.00. The SMILES string of the molecule is CCc1cc(CC(=O)C2CNCC2C)n(C)n1. The summed E-state index contributed by atoms with van der Waals surface area (Å²) in [6, 6.07) is 2.05. The van der Waals surface area contributed by atoms with E-state index in [1.54, 1.807) is 0 Å². The van der Waals surface area contributed by atoms with E-state index in [4.69, 9.17) is 0 Å². The third-order valence-electron chi connectivity index (χ3n) is 3.68. The number of aromatic nitrogens is 2. The van der Waals surface area contributed by atoms with Gasteiger partial charge < -0.3 is 5.32 Å². The Labute approximate surface area is 102 Å². The van der Waals surface area contributed by atoms with Gasteiger partial charge in [-0.15, -0.1) is 0 Å². The van der Waals surface area contributed by atoms with Crippen LogP contribution in [0.1, 0.15) is 25.2 Å². The molecule has 2 atom stereocenters. The van der Waals surface area contributed by atoms with Crippen LogP contribution in [0.4, 0.5) is 0 Å². The summed E-state index contributed by atoms with van der Waals surface area (Å²) in [5.74, 6) is 0.976. The molecule has 1 N–H and O–H groups in total. The summed E-state index contributed by atoms with van der Waals surface area (Å²) in [4.78, 5) is 12.2. The third kappa shape index (κ3) is 2.57. The van der Waals surface area contributed by atoms with Crippen LogP contribution in [0.5, 0.6) is 0 Å². The monoisotopic (exact) mass is 235 g/mol. The molecular formula is C13H21N3O. The summed E-state index contributed by atoms with van der Waals surface area (Å²) >= 11 is 0. The summed E-state index contributed by atoms with van der Waals surface area (Å²) < 4.78 is 1.84. The van der Waals surface area contributed by atoms with Crippen LogP contribution in [0.3, 0.4) is 0 Å². The maximum atomic E-state index is 12.2. The Kier molecular flexibility index (Phi) is 3.62. The fourth-order valence-electron chi connectivity index (χ4n) is 2.46. The highest BCUT2D eigenvalue weighted by Gasteiger charge is 2.29. The maximum absolute atomic E-state index is 12.2. The van der Waals surface area contributed by atoms with E-state index in [9.17, 15) is 4.79 Å². The lowest BCUT2D eigenvalue weighted by molar-refractivity contribution is -0.122. The van der Waals surface area contributed by atoms with E-state index in [0.29, 0.717) is 18.1 Å². The van der Waals surface area contributed by atoms with Crippen LogP contribution in [-0.2, 0) is 24.7 Å². The fraction of sp³-hybridized carbons (Fsp3) is 0.692. The average molecular weight is 235 g/mol. The van der Waals surface area contributed by atoms with E-state index in [1.807, 2.05) is 17.8 Å². The van der Waals surface area contributed by atoms with Gasteiger partial charge in [0, 0.05) is 31.6 Å². The number of rotatable bonds is 4. The van der Waals surface area contributed by atoms with Gasteiger partial charge >= 0.3 is 0 Å². The standard InChI is InChI=1S/C13H21N3O/c1-4-10-5-11(16(3)15-10)6-13(17)12-8-14-7-9(12)2/h5,9,12,14H,4,6-8H2,1-3H3. The van der Waals surface area contributed by atoms with Crippen molar-refractivity contribution in [3.05, 3.63) is 17.5 Å². The predicted molar refractivity (Wildman–Crippen MR) is 66.8 cm³/mol. The Morgan fingerprint density at radius 3 is 2.88 bits per heavy atom. The van der Waals surface area contributed by atoms with Gasteiger partial charge in [0.05, 0.1) is 5.69 Å². The van der Waals surface area contributed by atoms with Crippen molar-refractivity contribution in [1.29, 1.82) is 0 Å². The number of carbonyl (C=O) groups excluding carboxylic acids is 1. The zero-order valence-electron chi connectivity index (χ0n) is 10.9. The molecule has 1 aromatic rings. The van der Waals surface area contributed by atoms with Crippen molar-refractivity contribution in [3.8, 4) is 0 Å². The number of hydrogen-bond acceptors (Lipinski definition) is 3. The van der Waals surface area contributed by atoms with Crippen LogP contribution >= 0.6 is 0 Å². The lowest BCUT2D eigenvalue weighted by Gasteiger charge is -2.12. The summed E-state index contributed by atoms with van der Waals surface area (Å²) in [7, 11) is 1.91. The van der Waals surface area contributed by atoms with Crippen molar-refractivity contribution >= 4 is 5.78 Å². The number of nitrogens with zero attached hydrogens (tertiary/aromatic N) is 2. The molecule has 1 fully saturated rings. The summed E-state index contributed by atoms with van der Waals surface area (Å²) in [6.45, 7) is 6.01. The first kappa shape index (κ1) is 12.3. The molecule has 1 aliphatic heterocycles. The molecule has 0 aliphatic carbocycles. The van der Waals surface area contributed by atoms with E-state index in [0.717, 1.165) is 30.9 Å². The lowest BCUT2D eigenvalue weighted by atomic mass is 9.91. The van der Waals surface area contributed by atoms with Crippen molar-refractivity contribution in [1.82, 2.24) is 15.1 Å². The first-order chi connectivity index (χ1) is 8.11. The zero-order valence-corrected chi connectivity index (χ0v) is 10.9. The Bertz CT molecular complexity index is 411. The topological polar surface area (TPSA) is 46.9 Å². The van der Waals surface area contributed by atoms with Crippen LogP contribution in [0.25, 0.3) is 0 Å². The second-order valence-corrected chi connectivity index (χ2v) is 4.99. The maximum Gasteiger partial charge on any atom is 0.143 e. The zero-order chi connectivity index (χ0) is 12.4. The Hall–Kier alpha value is -1.16. The van der Waals surface area contributed by atoms with Gasteiger partial charge in [0.25, 0.3) is 0 Å². The molecule has 0 radical (unpaired) electrons. The molecule has 2 heterocycles. The Balaban J connectivity index is 2.04. The molecule has 1 saturated heterocycles. The van der Waals surface area contributed by atoms with E-state index >= 15 is 0 Å². The van der Waals surface area contributed by atoms with Gasteiger partial charge in [-0.1, -0.05) is 13.8 Å². The summed E-state index contributed by atoms with van der Waals surface area (Å²) in [5.41, 5.74) is 2.10. The average Bonchev–Trinajstić information content (AvgIpc) is 2.86. The number of carbonyl (C=O) groups is 1. The highest BCUT2D eigenvalue weighted by molar-refractivity contribution is 5.83. The first-order valence-corrected chi connectivity index (χ1v) is 6.37. The van der Waals surface area contributed by atoms with Crippen molar-refractivity contribution in [3.63, 3.8) is 0 Å². The van der Waals surface area contributed by atoms with Gasteiger partial charge in [-0.05, 0) is 24.9 Å². The molecule has 4 nitrogen and oxygen atoms in total. The molecule has 0 aromatic carbocycles. The van der Waals surface area contributed by atoms with E-state index in [1.165, 1.54) is 0 Å². The smallest absolute Gasteiger partial charge is 0.143 e. The molecule has 4 heteroatoms. The van der Waals surface area contributed by atoms with E-state index < -0.39 is 0 Å². The highest BCUT2D eigenvalue weighted by Crippen LogP contribution is 2.19. The Morgan fingerprint density at radius 2 is 2.35 bits per heavy atom. The van der Waals surface area contributed by atoms with Gasteiger partial charge in [0.15, 0.2) is 0 Å². The molecule has 2 rings (SSSR count). The molecule has 0 amide bonds. The Morgan fingerprint density at radius 1 is 1.59 bits per heavy atom. The minimum Gasteiger partial charge on any atom is -0.316 e. The number of aryl methyl sites for hydroxylation is 2. The molecule has 17 heavy (non-hydrogen) atoms. The number of ketones is 1. The van der Waals surface area contributed by atoms with Crippen LogP contribution in [0.2, 0.25) is 0 Å². The molecule has 1 aliphatic rings. The minimum absolute atomic E-state index is 0.176. The van der Waals surface area contributed by atoms with Gasteiger partial charge in [-0.25, -0.2) is 0 Å². The minimum atomic E-state index is 0.176. The van der Waals surface area contributed by atoms with Crippen LogP contribution < -0.4 is 5.32 Å². The van der Waals surface area contributed by atoms with E-state index in [2.05, 4.69) is 24.3 Å². The third-order valence-corrected chi connectivity index (χ3v) is 3.68. The predicted octanol–water partition coefficient (Wildman–Crippen LogP) is 0.950. The summed E-state index contributed by atoms with van der Waals surface area (Å²) in [6.07, 6.45) is 1.43.